The van der Waals surface area contributed by atoms with Gasteiger partial charge in [-0.3, -0.25) is 9.69 Å². The van der Waals surface area contributed by atoms with Gasteiger partial charge in [-0.1, -0.05) is 12.1 Å². The van der Waals surface area contributed by atoms with Crippen LogP contribution in [0.5, 0.6) is 0 Å². The van der Waals surface area contributed by atoms with Crippen molar-refractivity contribution < 1.29 is 19.1 Å². The molecule has 0 saturated carbocycles. The van der Waals surface area contributed by atoms with Gasteiger partial charge < -0.3 is 10.0 Å². The Kier molecular flexibility index (Phi) is 5.71. The number of amides is 1. The summed E-state index contributed by atoms with van der Waals surface area (Å²) in [6.07, 6.45) is 1.64. The highest BCUT2D eigenvalue weighted by Crippen LogP contribution is 2.21. The minimum atomic E-state index is -1.01. The summed E-state index contributed by atoms with van der Waals surface area (Å²) in [5.74, 6) is -1.61. The third-order valence-electron chi connectivity index (χ3n) is 4.44. The van der Waals surface area contributed by atoms with Crippen molar-refractivity contribution in [2.24, 2.45) is 5.92 Å². The van der Waals surface area contributed by atoms with Crippen LogP contribution in [0.25, 0.3) is 0 Å². The van der Waals surface area contributed by atoms with Gasteiger partial charge in [0.2, 0.25) is 5.91 Å². The minimum absolute atomic E-state index is 0.135. The first-order valence-corrected chi connectivity index (χ1v) is 7.84. The SMILES string of the molecule is C[C@H](C(=O)O)N(C)C(=O)[C@@H]1CCCN(Cc2cccc(F)c2)C1. The van der Waals surface area contributed by atoms with Gasteiger partial charge in [-0.15, -0.1) is 0 Å². The van der Waals surface area contributed by atoms with Crippen LogP contribution in [-0.4, -0.2) is 53.0 Å². The number of likely N-dealkylation sites (tertiary alicyclic amines) is 1. The van der Waals surface area contributed by atoms with E-state index in [9.17, 15) is 14.0 Å². The van der Waals surface area contributed by atoms with Gasteiger partial charge in [-0.05, 0) is 44.0 Å². The van der Waals surface area contributed by atoms with Crippen molar-refractivity contribution in [2.45, 2.75) is 32.4 Å². The molecular formula is C17H23FN2O3. The number of likely N-dealkylation sites (N-methyl/N-ethyl adjacent to an activating group) is 1. The highest BCUT2D eigenvalue weighted by atomic mass is 19.1. The molecule has 1 N–H and O–H groups in total. The van der Waals surface area contributed by atoms with E-state index in [-0.39, 0.29) is 17.6 Å². The van der Waals surface area contributed by atoms with E-state index >= 15 is 0 Å². The molecule has 0 aliphatic carbocycles. The van der Waals surface area contributed by atoms with Crippen molar-refractivity contribution in [1.29, 1.82) is 0 Å². The van der Waals surface area contributed by atoms with Crippen LogP contribution in [0.3, 0.4) is 0 Å². The maximum Gasteiger partial charge on any atom is 0.326 e. The van der Waals surface area contributed by atoms with Crippen LogP contribution in [0.2, 0.25) is 0 Å². The Bertz CT molecular complexity index is 579. The highest BCUT2D eigenvalue weighted by Gasteiger charge is 2.31. The first-order valence-electron chi connectivity index (χ1n) is 7.84. The molecule has 1 aliphatic rings. The number of piperidine rings is 1. The van der Waals surface area contributed by atoms with E-state index in [0.29, 0.717) is 13.1 Å². The molecule has 0 bridgehead atoms. The van der Waals surface area contributed by atoms with E-state index < -0.39 is 12.0 Å². The van der Waals surface area contributed by atoms with Crippen molar-refractivity contribution in [3.8, 4) is 0 Å². The number of aliphatic carboxylic acids is 1. The number of carboxylic acids is 1. The maximum atomic E-state index is 13.3. The highest BCUT2D eigenvalue weighted by molar-refractivity contribution is 5.84. The summed E-state index contributed by atoms with van der Waals surface area (Å²) in [5.41, 5.74) is 0.880. The monoisotopic (exact) mass is 322 g/mol. The minimum Gasteiger partial charge on any atom is -0.480 e. The zero-order valence-electron chi connectivity index (χ0n) is 13.5. The van der Waals surface area contributed by atoms with Crippen molar-refractivity contribution >= 4 is 11.9 Å². The Morgan fingerprint density at radius 2 is 2.22 bits per heavy atom. The predicted octanol–water partition coefficient (Wildman–Crippen LogP) is 1.97. The number of carbonyl (C=O) groups is 2. The zero-order chi connectivity index (χ0) is 17.0. The van der Waals surface area contributed by atoms with Crippen molar-refractivity contribution in [1.82, 2.24) is 9.80 Å². The fraction of sp³-hybridized carbons (Fsp3) is 0.529. The molecule has 0 aromatic heterocycles. The fourth-order valence-electron chi connectivity index (χ4n) is 2.94. The lowest BCUT2D eigenvalue weighted by molar-refractivity contribution is -0.150. The molecule has 0 spiro atoms. The number of benzene rings is 1. The molecule has 1 heterocycles. The quantitative estimate of drug-likeness (QED) is 0.900. The van der Waals surface area contributed by atoms with Crippen LogP contribution in [0.15, 0.2) is 24.3 Å². The van der Waals surface area contributed by atoms with E-state index in [0.717, 1.165) is 24.9 Å². The van der Waals surface area contributed by atoms with E-state index in [2.05, 4.69) is 4.90 Å². The Morgan fingerprint density at radius 1 is 1.48 bits per heavy atom. The molecule has 1 saturated heterocycles. The van der Waals surface area contributed by atoms with Gasteiger partial charge in [0.1, 0.15) is 11.9 Å². The molecule has 1 aromatic carbocycles. The predicted molar refractivity (Wildman–Crippen MR) is 84.3 cm³/mol. The molecule has 1 fully saturated rings. The van der Waals surface area contributed by atoms with E-state index in [4.69, 9.17) is 5.11 Å². The van der Waals surface area contributed by atoms with Crippen LogP contribution in [0.1, 0.15) is 25.3 Å². The summed E-state index contributed by atoms with van der Waals surface area (Å²) in [6.45, 7) is 3.54. The zero-order valence-corrected chi connectivity index (χ0v) is 13.5. The van der Waals surface area contributed by atoms with Crippen LogP contribution in [0, 0.1) is 11.7 Å². The Balaban J connectivity index is 1.97. The van der Waals surface area contributed by atoms with Gasteiger partial charge in [0, 0.05) is 20.1 Å². The Morgan fingerprint density at radius 3 is 2.87 bits per heavy atom. The molecule has 2 atom stereocenters. The topological polar surface area (TPSA) is 60.9 Å². The molecule has 1 aliphatic heterocycles. The fourth-order valence-corrected chi connectivity index (χ4v) is 2.94. The number of halogens is 1. The van der Waals surface area contributed by atoms with Gasteiger partial charge >= 0.3 is 5.97 Å². The molecule has 5 nitrogen and oxygen atoms in total. The number of nitrogens with zero attached hydrogens (tertiary/aromatic N) is 2. The summed E-state index contributed by atoms with van der Waals surface area (Å²) in [4.78, 5) is 26.9. The Hall–Kier alpha value is -1.95. The molecule has 1 amide bonds. The van der Waals surface area contributed by atoms with E-state index in [1.165, 1.54) is 31.0 Å². The molecule has 2 rings (SSSR count). The molecule has 0 radical (unpaired) electrons. The lowest BCUT2D eigenvalue weighted by Crippen LogP contribution is -2.47. The summed E-state index contributed by atoms with van der Waals surface area (Å²) in [5, 5.41) is 9.03. The number of hydrogen-bond donors (Lipinski definition) is 1. The molecule has 6 heteroatoms. The van der Waals surface area contributed by atoms with Crippen LogP contribution in [-0.2, 0) is 16.1 Å². The summed E-state index contributed by atoms with van der Waals surface area (Å²) in [7, 11) is 1.53. The molecule has 1 aromatic rings. The summed E-state index contributed by atoms with van der Waals surface area (Å²) >= 11 is 0. The maximum absolute atomic E-state index is 13.3. The summed E-state index contributed by atoms with van der Waals surface area (Å²) in [6, 6.07) is 5.63. The number of hydrogen-bond acceptors (Lipinski definition) is 3. The third-order valence-corrected chi connectivity index (χ3v) is 4.44. The van der Waals surface area contributed by atoms with Crippen molar-refractivity contribution in [2.75, 3.05) is 20.1 Å². The van der Waals surface area contributed by atoms with Crippen molar-refractivity contribution in [3.63, 3.8) is 0 Å². The second kappa shape index (κ2) is 7.55. The number of carbonyl (C=O) groups excluding carboxylic acids is 1. The van der Waals surface area contributed by atoms with Gasteiger partial charge in [-0.2, -0.15) is 0 Å². The van der Waals surface area contributed by atoms with E-state index in [1.807, 2.05) is 6.07 Å². The standard InChI is InChI=1S/C17H23FN2O3/c1-12(17(22)23)19(2)16(21)14-6-4-8-20(11-14)10-13-5-3-7-15(18)9-13/h3,5,7,9,12,14H,4,6,8,10-11H2,1-2H3,(H,22,23)/t12-,14-/m1/s1. The lowest BCUT2D eigenvalue weighted by Gasteiger charge is -2.34. The first-order chi connectivity index (χ1) is 10.9. The number of carboxylic acid groups (broad SMARTS) is 1. The second-order valence-electron chi connectivity index (χ2n) is 6.17. The molecule has 0 unspecified atom stereocenters. The molecule has 23 heavy (non-hydrogen) atoms. The molecule has 126 valence electrons. The molecular weight excluding hydrogens is 299 g/mol. The van der Waals surface area contributed by atoms with E-state index in [1.54, 1.807) is 6.07 Å². The van der Waals surface area contributed by atoms with Gasteiger partial charge in [0.15, 0.2) is 0 Å². The third kappa shape index (κ3) is 4.51. The largest absolute Gasteiger partial charge is 0.480 e. The van der Waals surface area contributed by atoms with Crippen molar-refractivity contribution in [3.05, 3.63) is 35.6 Å². The summed E-state index contributed by atoms with van der Waals surface area (Å²) < 4.78 is 13.3. The van der Waals surface area contributed by atoms with Gasteiger partial charge in [-0.25, -0.2) is 9.18 Å². The van der Waals surface area contributed by atoms with Gasteiger partial charge in [0.25, 0.3) is 0 Å². The van der Waals surface area contributed by atoms with Gasteiger partial charge in [0.05, 0.1) is 5.92 Å². The smallest absolute Gasteiger partial charge is 0.326 e. The Labute approximate surface area is 135 Å². The average Bonchev–Trinajstić information content (AvgIpc) is 2.53. The second-order valence-corrected chi connectivity index (χ2v) is 6.17. The van der Waals surface area contributed by atoms with Crippen LogP contribution < -0.4 is 0 Å². The number of rotatable bonds is 5. The normalized spacial score (nSPS) is 20.0. The first kappa shape index (κ1) is 17.4. The van der Waals surface area contributed by atoms with Crippen LogP contribution >= 0.6 is 0 Å². The van der Waals surface area contributed by atoms with Crippen LogP contribution in [0.4, 0.5) is 4.39 Å². The lowest BCUT2D eigenvalue weighted by atomic mass is 9.95. The average molecular weight is 322 g/mol.